The van der Waals surface area contributed by atoms with Gasteiger partial charge in [0.05, 0.1) is 14.2 Å². The molecule has 5 aliphatic rings. The average Bonchev–Trinajstić information content (AvgIpc) is 2.72. The Kier molecular flexibility index (Phi) is 5.11. The fraction of sp³-hybridized carbons (Fsp3) is 0.696. The minimum Gasteiger partial charge on any atom is -0.493 e. The summed E-state index contributed by atoms with van der Waals surface area (Å²) in [6.45, 7) is 4.31. The van der Waals surface area contributed by atoms with Crippen LogP contribution in [-0.4, -0.2) is 60.8 Å². The molecule has 0 spiro atoms. The van der Waals surface area contributed by atoms with Crippen molar-refractivity contribution in [1.82, 2.24) is 9.80 Å². The summed E-state index contributed by atoms with van der Waals surface area (Å²) in [7, 11) is 3.31. The van der Waals surface area contributed by atoms with E-state index in [1.54, 1.807) is 14.2 Å². The predicted molar refractivity (Wildman–Crippen MR) is 120 cm³/mol. The van der Waals surface area contributed by atoms with E-state index in [4.69, 9.17) is 21.7 Å². The quantitative estimate of drug-likeness (QED) is 0.750. The molecule has 158 valence electrons. The van der Waals surface area contributed by atoms with Crippen LogP contribution >= 0.6 is 12.2 Å². The highest BCUT2D eigenvalue weighted by atomic mass is 32.1. The second-order valence-corrected chi connectivity index (χ2v) is 10.0. The lowest BCUT2D eigenvalue weighted by molar-refractivity contribution is -0.0970. The van der Waals surface area contributed by atoms with E-state index in [9.17, 15) is 0 Å². The van der Waals surface area contributed by atoms with Crippen molar-refractivity contribution in [2.24, 2.45) is 17.8 Å². The molecular weight excluding hydrogens is 382 g/mol. The fourth-order valence-corrected chi connectivity index (χ4v) is 7.25. The maximum absolute atomic E-state index is 5.73. The largest absolute Gasteiger partial charge is 0.493 e. The molecule has 1 aliphatic heterocycles. The van der Waals surface area contributed by atoms with Gasteiger partial charge in [-0.15, -0.1) is 0 Å². The first-order chi connectivity index (χ1) is 14.1. The van der Waals surface area contributed by atoms with Gasteiger partial charge >= 0.3 is 0 Å². The molecule has 0 unspecified atom stereocenters. The van der Waals surface area contributed by atoms with Gasteiger partial charge in [0.15, 0.2) is 16.6 Å². The molecule has 0 aromatic heterocycles. The molecular formula is C23H33N3O2S. The van der Waals surface area contributed by atoms with Crippen LogP contribution in [0.15, 0.2) is 18.2 Å². The van der Waals surface area contributed by atoms with E-state index in [1.165, 1.54) is 38.5 Å². The maximum atomic E-state index is 5.73. The van der Waals surface area contributed by atoms with E-state index in [0.29, 0.717) is 11.3 Å². The zero-order valence-electron chi connectivity index (χ0n) is 17.7. The molecule has 4 aliphatic carbocycles. The summed E-state index contributed by atoms with van der Waals surface area (Å²) in [4.78, 5) is 5.16. The summed E-state index contributed by atoms with van der Waals surface area (Å²) >= 11 is 5.73. The lowest BCUT2D eigenvalue weighted by atomic mass is 9.52. The van der Waals surface area contributed by atoms with Crippen molar-refractivity contribution >= 4 is 23.0 Å². The van der Waals surface area contributed by atoms with Crippen molar-refractivity contribution in [3.63, 3.8) is 0 Å². The summed E-state index contributed by atoms with van der Waals surface area (Å²) in [5.41, 5.74) is 1.45. The van der Waals surface area contributed by atoms with Crippen molar-refractivity contribution < 1.29 is 9.47 Å². The Balaban J connectivity index is 1.19. The van der Waals surface area contributed by atoms with E-state index in [1.807, 2.05) is 18.2 Å². The van der Waals surface area contributed by atoms with Crippen molar-refractivity contribution in [1.29, 1.82) is 0 Å². The fourth-order valence-electron chi connectivity index (χ4n) is 6.95. The van der Waals surface area contributed by atoms with Gasteiger partial charge in [-0.25, -0.2) is 0 Å². The van der Waals surface area contributed by atoms with Crippen LogP contribution in [0.2, 0.25) is 0 Å². The lowest BCUT2D eigenvalue weighted by Crippen LogP contribution is -2.64. The van der Waals surface area contributed by atoms with Gasteiger partial charge in [-0.2, -0.15) is 0 Å². The lowest BCUT2D eigenvalue weighted by Gasteiger charge is -2.61. The van der Waals surface area contributed by atoms with E-state index >= 15 is 0 Å². The number of hydrogen-bond donors (Lipinski definition) is 1. The van der Waals surface area contributed by atoms with Crippen LogP contribution in [-0.2, 0) is 0 Å². The molecule has 1 N–H and O–H groups in total. The number of hydrogen-bond acceptors (Lipinski definition) is 4. The van der Waals surface area contributed by atoms with Crippen LogP contribution < -0.4 is 14.8 Å². The molecule has 1 aromatic rings. The SMILES string of the molecule is COc1ccc(NC(=S)N2CCN(C34CC5CC(CC(C5)C3)C4)CC2)cc1OC. The number of anilines is 1. The molecule has 0 atom stereocenters. The third-order valence-corrected chi connectivity index (χ3v) is 8.24. The Morgan fingerprint density at radius 2 is 1.52 bits per heavy atom. The molecule has 29 heavy (non-hydrogen) atoms. The highest BCUT2D eigenvalue weighted by Gasteiger charge is 2.53. The number of rotatable bonds is 4. The Labute approximate surface area is 179 Å². The molecule has 5 fully saturated rings. The Bertz CT molecular complexity index is 740. The first kappa shape index (κ1) is 19.4. The molecule has 0 radical (unpaired) electrons. The average molecular weight is 416 g/mol. The normalized spacial score (nSPS) is 33.6. The number of nitrogens with one attached hydrogen (secondary N) is 1. The van der Waals surface area contributed by atoms with E-state index in [2.05, 4.69) is 15.1 Å². The zero-order valence-corrected chi connectivity index (χ0v) is 18.5. The Morgan fingerprint density at radius 1 is 0.931 bits per heavy atom. The third-order valence-electron chi connectivity index (χ3n) is 7.88. The van der Waals surface area contributed by atoms with E-state index in [-0.39, 0.29) is 0 Å². The van der Waals surface area contributed by atoms with Crippen molar-refractivity contribution in [2.45, 2.75) is 44.1 Å². The van der Waals surface area contributed by atoms with Crippen molar-refractivity contribution in [3.05, 3.63) is 18.2 Å². The molecule has 0 amide bonds. The van der Waals surface area contributed by atoms with Crippen molar-refractivity contribution in [2.75, 3.05) is 45.7 Å². The zero-order chi connectivity index (χ0) is 20.0. The number of piperazine rings is 1. The third kappa shape index (κ3) is 3.59. The number of nitrogens with zero attached hydrogens (tertiary/aromatic N) is 2. The Hall–Kier alpha value is -1.53. The van der Waals surface area contributed by atoms with Gasteiger partial charge in [0.2, 0.25) is 0 Å². The summed E-state index contributed by atoms with van der Waals surface area (Å²) in [6, 6.07) is 5.84. The van der Waals surface area contributed by atoms with Crippen LogP contribution in [0.3, 0.4) is 0 Å². The number of ether oxygens (including phenoxy) is 2. The molecule has 1 heterocycles. The number of thiocarbonyl (C=S) groups is 1. The molecule has 5 nitrogen and oxygen atoms in total. The van der Waals surface area contributed by atoms with E-state index < -0.39 is 0 Å². The van der Waals surface area contributed by atoms with Crippen LogP contribution in [0.4, 0.5) is 5.69 Å². The van der Waals surface area contributed by atoms with Gasteiger partial charge in [0, 0.05) is 43.5 Å². The Morgan fingerprint density at radius 3 is 2.07 bits per heavy atom. The minimum absolute atomic E-state index is 0.513. The molecule has 4 saturated carbocycles. The predicted octanol–water partition coefficient (Wildman–Crippen LogP) is 3.99. The number of benzene rings is 1. The first-order valence-electron chi connectivity index (χ1n) is 11.1. The van der Waals surface area contributed by atoms with E-state index in [0.717, 1.165) is 60.5 Å². The summed E-state index contributed by atoms with van der Waals surface area (Å²) in [6.07, 6.45) is 8.89. The van der Waals surface area contributed by atoms with Crippen LogP contribution in [0, 0.1) is 17.8 Å². The van der Waals surface area contributed by atoms with Crippen LogP contribution in [0.25, 0.3) is 0 Å². The van der Waals surface area contributed by atoms with Gasteiger partial charge in [0.25, 0.3) is 0 Å². The maximum Gasteiger partial charge on any atom is 0.173 e. The van der Waals surface area contributed by atoms with Crippen LogP contribution in [0.5, 0.6) is 11.5 Å². The molecule has 6 heteroatoms. The van der Waals surface area contributed by atoms with Crippen molar-refractivity contribution in [3.8, 4) is 11.5 Å². The smallest absolute Gasteiger partial charge is 0.173 e. The topological polar surface area (TPSA) is 37.0 Å². The minimum atomic E-state index is 0.513. The standard InChI is InChI=1S/C23H33N3O2S/c1-27-20-4-3-19(12-21(20)28-2)24-22(29)25-5-7-26(8-6-25)23-13-16-9-17(14-23)11-18(10-16)15-23/h3-4,12,16-18H,5-11,13-15H2,1-2H3,(H,24,29). The monoisotopic (exact) mass is 415 g/mol. The second-order valence-electron chi connectivity index (χ2n) is 9.62. The molecule has 1 aromatic carbocycles. The van der Waals surface area contributed by atoms with Gasteiger partial charge in [-0.3, -0.25) is 4.90 Å². The summed E-state index contributed by atoms with van der Waals surface area (Å²) in [5.74, 6) is 4.46. The van der Waals surface area contributed by atoms with Gasteiger partial charge in [-0.05, 0) is 80.6 Å². The first-order valence-corrected chi connectivity index (χ1v) is 11.5. The number of methoxy groups -OCH3 is 2. The molecule has 6 rings (SSSR count). The second kappa shape index (κ2) is 7.62. The summed E-state index contributed by atoms with van der Waals surface area (Å²) in [5, 5.41) is 4.20. The van der Waals surface area contributed by atoms with Gasteiger partial charge in [0.1, 0.15) is 0 Å². The molecule has 1 saturated heterocycles. The highest BCUT2D eigenvalue weighted by Crippen LogP contribution is 2.57. The summed E-state index contributed by atoms with van der Waals surface area (Å²) < 4.78 is 10.7. The van der Waals surface area contributed by atoms with Crippen LogP contribution in [0.1, 0.15) is 38.5 Å². The van der Waals surface area contributed by atoms with Gasteiger partial charge in [-0.1, -0.05) is 0 Å². The highest BCUT2D eigenvalue weighted by molar-refractivity contribution is 7.80. The van der Waals surface area contributed by atoms with Gasteiger partial charge < -0.3 is 19.7 Å². The molecule has 4 bridgehead atoms.